The fraction of sp³-hybridized carbons (Fsp3) is 0.857. The van der Waals surface area contributed by atoms with Crippen molar-refractivity contribution >= 4 is 12.0 Å². The Morgan fingerprint density at radius 3 is 2.42 bits per heavy atom. The first kappa shape index (κ1) is 15.8. The fourth-order valence-corrected chi connectivity index (χ4v) is 2.10. The van der Waals surface area contributed by atoms with Crippen LogP contribution in [0.3, 0.4) is 0 Å². The zero-order valence-electron chi connectivity index (χ0n) is 12.2. The lowest BCUT2D eigenvalue weighted by Crippen LogP contribution is -2.46. The van der Waals surface area contributed by atoms with E-state index in [0.717, 1.165) is 19.4 Å². The molecule has 0 aliphatic heterocycles. The molecule has 0 heterocycles. The summed E-state index contributed by atoms with van der Waals surface area (Å²) in [5.41, 5.74) is 0. The molecule has 19 heavy (non-hydrogen) atoms. The van der Waals surface area contributed by atoms with Gasteiger partial charge < -0.3 is 15.3 Å². The Hall–Kier alpha value is -1.26. The van der Waals surface area contributed by atoms with E-state index in [2.05, 4.69) is 19.2 Å². The van der Waals surface area contributed by atoms with Gasteiger partial charge in [-0.05, 0) is 38.5 Å². The monoisotopic (exact) mass is 270 g/mol. The number of hydrogen-bond acceptors (Lipinski definition) is 2. The first-order chi connectivity index (χ1) is 8.90. The van der Waals surface area contributed by atoms with Gasteiger partial charge in [-0.15, -0.1) is 0 Å². The van der Waals surface area contributed by atoms with Gasteiger partial charge in [0.25, 0.3) is 0 Å². The standard InChI is InChI=1S/C14H26N2O3/c1-10(2)9-16(12-7-8-12)14(19)15-11(3)5-4-6-13(17)18/h10-12H,4-9H2,1-3H3,(H,15,19)(H,17,18). The molecule has 1 rings (SSSR count). The highest BCUT2D eigenvalue weighted by molar-refractivity contribution is 5.75. The minimum atomic E-state index is -0.780. The Balaban J connectivity index is 2.32. The molecular formula is C14H26N2O3. The third-order valence-corrected chi connectivity index (χ3v) is 3.21. The average molecular weight is 270 g/mol. The zero-order valence-corrected chi connectivity index (χ0v) is 12.2. The van der Waals surface area contributed by atoms with Crippen LogP contribution < -0.4 is 5.32 Å². The van der Waals surface area contributed by atoms with Crippen molar-refractivity contribution in [2.45, 2.75) is 65.0 Å². The molecule has 1 unspecified atom stereocenters. The van der Waals surface area contributed by atoms with E-state index in [1.54, 1.807) is 0 Å². The van der Waals surface area contributed by atoms with E-state index in [1.165, 1.54) is 0 Å². The number of rotatable bonds is 8. The quantitative estimate of drug-likeness (QED) is 0.712. The first-order valence-corrected chi connectivity index (χ1v) is 7.19. The summed E-state index contributed by atoms with van der Waals surface area (Å²) in [5.74, 6) is -0.313. The second-order valence-corrected chi connectivity index (χ2v) is 5.91. The van der Waals surface area contributed by atoms with Crippen molar-refractivity contribution in [1.82, 2.24) is 10.2 Å². The summed E-state index contributed by atoms with van der Waals surface area (Å²) in [6, 6.07) is 0.438. The maximum Gasteiger partial charge on any atom is 0.317 e. The Kier molecular flexibility index (Phi) is 6.12. The summed E-state index contributed by atoms with van der Waals surface area (Å²) in [6.07, 6.45) is 3.68. The molecule has 5 nitrogen and oxygen atoms in total. The van der Waals surface area contributed by atoms with Crippen LogP contribution in [0.2, 0.25) is 0 Å². The Morgan fingerprint density at radius 2 is 1.95 bits per heavy atom. The summed E-state index contributed by atoms with van der Waals surface area (Å²) >= 11 is 0. The number of nitrogens with zero attached hydrogens (tertiary/aromatic N) is 1. The molecule has 1 fully saturated rings. The van der Waals surface area contributed by atoms with Crippen molar-refractivity contribution in [3.63, 3.8) is 0 Å². The molecule has 0 aromatic rings. The van der Waals surface area contributed by atoms with Crippen LogP contribution in [-0.2, 0) is 4.79 Å². The van der Waals surface area contributed by atoms with Gasteiger partial charge in [0.05, 0.1) is 0 Å². The highest BCUT2D eigenvalue weighted by Gasteiger charge is 2.33. The number of hydrogen-bond donors (Lipinski definition) is 2. The number of carbonyl (C=O) groups excluding carboxylic acids is 1. The van der Waals surface area contributed by atoms with E-state index >= 15 is 0 Å². The van der Waals surface area contributed by atoms with Crippen LogP contribution >= 0.6 is 0 Å². The SMILES string of the molecule is CC(C)CN(C(=O)NC(C)CCCC(=O)O)C1CC1. The van der Waals surface area contributed by atoms with Crippen LogP contribution in [0.1, 0.15) is 52.9 Å². The molecule has 1 aliphatic carbocycles. The van der Waals surface area contributed by atoms with Crippen LogP contribution in [0.5, 0.6) is 0 Å². The second-order valence-electron chi connectivity index (χ2n) is 5.91. The molecule has 0 radical (unpaired) electrons. The normalized spacial score (nSPS) is 16.2. The van der Waals surface area contributed by atoms with Crippen LogP contribution in [0, 0.1) is 5.92 Å². The molecule has 0 bridgehead atoms. The van der Waals surface area contributed by atoms with Gasteiger partial charge in [0.1, 0.15) is 0 Å². The van der Waals surface area contributed by atoms with Gasteiger partial charge in [0, 0.05) is 25.0 Å². The van der Waals surface area contributed by atoms with Crippen LogP contribution in [0.15, 0.2) is 0 Å². The van der Waals surface area contributed by atoms with Gasteiger partial charge in [-0.1, -0.05) is 13.8 Å². The average Bonchev–Trinajstić information content (AvgIpc) is 3.08. The topological polar surface area (TPSA) is 69.6 Å². The second kappa shape index (κ2) is 7.36. The Labute approximate surface area is 115 Å². The number of carbonyl (C=O) groups is 2. The van der Waals surface area contributed by atoms with Crippen molar-refractivity contribution in [1.29, 1.82) is 0 Å². The largest absolute Gasteiger partial charge is 0.481 e. The third-order valence-electron chi connectivity index (χ3n) is 3.21. The number of carboxylic acids is 1. The highest BCUT2D eigenvalue weighted by atomic mass is 16.4. The van der Waals surface area contributed by atoms with Gasteiger partial charge in [-0.3, -0.25) is 4.79 Å². The number of amides is 2. The zero-order chi connectivity index (χ0) is 14.4. The lowest BCUT2D eigenvalue weighted by Gasteiger charge is -2.26. The van der Waals surface area contributed by atoms with Crippen LogP contribution in [0.4, 0.5) is 4.79 Å². The molecule has 1 aliphatic rings. The van der Waals surface area contributed by atoms with Gasteiger partial charge in [-0.25, -0.2) is 4.79 Å². The lowest BCUT2D eigenvalue weighted by molar-refractivity contribution is -0.137. The fourth-order valence-electron chi connectivity index (χ4n) is 2.10. The molecule has 0 aromatic heterocycles. The molecule has 110 valence electrons. The van der Waals surface area contributed by atoms with E-state index in [4.69, 9.17) is 5.11 Å². The molecule has 0 aromatic carbocycles. The summed E-state index contributed by atoms with van der Waals surface area (Å²) in [7, 11) is 0. The summed E-state index contributed by atoms with van der Waals surface area (Å²) in [4.78, 5) is 24.5. The maximum atomic E-state index is 12.2. The molecular weight excluding hydrogens is 244 g/mol. The van der Waals surface area contributed by atoms with Crippen molar-refractivity contribution < 1.29 is 14.7 Å². The van der Waals surface area contributed by atoms with Crippen molar-refractivity contribution in [3.8, 4) is 0 Å². The first-order valence-electron chi connectivity index (χ1n) is 7.19. The number of nitrogens with one attached hydrogen (secondary N) is 1. The van der Waals surface area contributed by atoms with Gasteiger partial charge in [-0.2, -0.15) is 0 Å². The Morgan fingerprint density at radius 1 is 1.32 bits per heavy atom. The van der Waals surface area contributed by atoms with E-state index in [-0.39, 0.29) is 18.5 Å². The van der Waals surface area contributed by atoms with E-state index < -0.39 is 5.97 Å². The van der Waals surface area contributed by atoms with Crippen molar-refractivity contribution in [2.24, 2.45) is 5.92 Å². The number of carboxylic acid groups (broad SMARTS) is 1. The minimum absolute atomic E-state index is 0.000903. The number of aliphatic carboxylic acids is 1. The summed E-state index contributed by atoms with van der Waals surface area (Å²) < 4.78 is 0. The van der Waals surface area contributed by atoms with E-state index in [0.29, 0.717) is 24.8 Å². The summed E-state index contributed by atoms with van der Waals surface area (Å²) in [6.45, 7) is 6.94. The number of urea groups is 1. The molecule has 0 saturated heterocycles. The molecule has 2 amide bonds. The smallest absolute Gasteiger partial charge is 0.317 e. The summed E-state index contributed by atoms with van der Waals surface area (Å²) in [5, 5.41) is 11.6. The predicted octanol–water partition coefficient (Wildman–Crippen LogP) is 2.46. The van der Waals surface area contributed by atoms with Gasteiger partial charge in [0.15, 0.2) is 0 Å². The molecule has 1 atom stereocenters. The van der Waals surface area contributed by atoms with Crippen molar-refractivity contribution in [3.05, 3.63) is 0 Å². The van der Waals surface area contributed by atoms with Crippen LogP contribution in [-0.4, -0.2) is 40.6 Å². The van der Waals surface area contributed by atoms with E-state index in [9.17, 15) is 9.59 Å². The molecule has 0 spiro atoms. The predicted molar refractivity (Wildman–Crippen MR) is 74.0 cm³/mol. The maximum absolute atomic E-state index is 12.2. The lowest BCUT2D eigenvalue weighted by atomic mass is 10.1. The van der Waals surface area contributed by atoms with E-state index in [1.807, 2.05) is 11.8 Å². The van der Waals surface area contributed by atoms with Gasteiger partial charge >= 0.3 is 12.0 Å². The molecule has 2 N–H and O–H groups in total. The Bertz CT molecular complexity index is 314. The third kappa shape index (κ3) is 6.45. The minimum Gasteiger partial charge on any atom is -0.481 e. The molecule has 1 saturated carbocycles. The molecule has 5 heteroatoms. The van der Waals surface area contributed by atoms with Gasteiger partial charge in [0.2, 0.25) is 0 Å². The highest BCUT2D eigenvalue weighted by Crippen LogP contribution is 2.27. The van der Waals surface area contributed by atoms with Crippen molar-refractivity contribution in [2.75, 3.05) is 6.54 Å². The van der Waals surface area contributed by atoms with Crippen LogP contribution in [0.25, 0.3) is 0 Å².